The number of rotatable bonds is 9. The molecule has 0 heterocycles. The molecule has 0 atom stereocenters. The SMILES string of the molecule is Cc1cc(C(=O)NCCCOCC(C)C)cc(S(=O)(=O)N(C)C)c1C. The number of carbonyl (C=O) groups is 1. The Kier molecular flexibility index (Phi) is 8.05. The van der Waals surface area contributed by atoms with E-state index in [1.165, 1.54) is 20.2 Å². The first-order chi connectivity index (χ1) is 11.6. The lowest BCUT2D eigenvalue weighted by Crippen LogP contribution is -2.27. The first-order valence-corrected chi connectivity index (χ1v) is 9.91. The summed E-state index contributed by atoms with van der Waals surface area (Å²) in [7, 11) is -0.633. The number of ether oxygens (including phenoxy) is 1. The Bertz CT molecular complexity index is 697. The van der Waals surface area contributed by atoms with Gasteiger partial charge in [0.1, 0.15) is 0 Å². The molecule has 25 heavy (non-hydrogen) atoms. The number of amides is 1. The maximum Gasteiger partial charge on any atom is 0.251 e. The molecule has 0 spiro atoms. The average molecular weight is 371 g/mol. The number of benzene rings is 1. The van der Waals surface area contributed by atoms with Gasteiger partial charge >= 0.3 is 0 Å². The van der Waals surface area contributed by atoms with Crippen LogP contribution in [0.3, 0.4) is 0 Å². The van der Waals surface area contributed by atoms with E-state index in [4.69, 9.17) is 4.74 Å². The number of aryl methyl sites for hydroxylation is 1. The van der Waals surface area contributed by atoms with E-state index >= 15 is 0 Å². The Morgan fingerprint density at radius 3 is 2.44 bits per heavy atom. The minimum absolute atomic E-state index is 0.169. The summed E-state index contributed by atoms with van der Waals surface area (Å²) in [5.74, 6) is 0.212. The van der Waals surface area contributed by atoms with E-state index < -0.39 is 10.0 Å². The van der Waals surface area contributed by atoms with Gasteiger partial charge in [0, 0.05) is 39.4 Å². The fraction of sp³-hybridized carbons (Fsp3) is 0.611. The summed E-state index contributed by atoms with van der Waals surface area (Å²) in [6.45, 7) is 9.50. The second-order valence-electron chi connectivity index (χ2n) is 6.78. The van der Waals surface area contributed by atoms with Gasteiger partial charge in [-0.2, -0.15) is 0 Å². The molecule has 1 N–H and O–H groups in total. The molecular formula is C18H30N2O4S. The van der Waals surface area contributed by atoms with Gasteiger partial charge in [0.25, 0.3) is 5.91 Å². The minimum atomic E-state index is -3.59. The van der Waals surface area contributed by atoms with Crippen LogP contribution in [0.5, 0.6) is 0 Å². The number of carbonyl (C=O) groups excluding carboxylic acids is 1. The highest BCUT2D eigenvalue weighted by Gasteiger charge is 2.22. The number of nitrogens with zero attached hydrogens (tertiary/aromatic N) is 1. The van der Waals surface area contributed by atoms with Crippen LogP contribution in [-0.4, -0.2) is 52.5 Å². The predicted molar refractivity (Wildman–Crippen MR) is 99.4 cm³/mol. The van der Waals surface area contributed by atoms with Crippen LogP contribution in [0.25, 0.3) is 0 Å². The second-order valence-corrected chi connectivity index (χ2v) is 8.90. The largest absolute Gasteiger partial charge is 0.381 e. The van der Waals surface area contributed by atoms with Crippen LogP contribution in [0, 0.1) is 19.8 Å². The van der Waals surface area contributed by atoms with Crippen molar-refractivity contribution in [2.75, 3.05) is 33.9 Å². The molecule has 0 aromatic heterocycles. The third-order valence-corrected chi connectivity index (χ3v) is 5.78. The van der Waals surface area contributed by atoms with Gasteiger partial charge in [-0.05, 0) is 49.4 Å². The lowest BCUT2D eigenvalue weighted by Gasteiger charge is -2.16. The third kappa shape index (κ3) is 6.09. The van der Waals surface area contributed by atoms with E-state index in [9.17, 15) is 13.2 Å². The van der Waals surface area contributed by atoms with Crippen LogP contribution < -0.4 is 5.32 Å². The fourth-order valence-corrected chi connectivity index (χ4v) is 3.44. The molecule has 0 saturated carbocycles. The van der Waals surface area contributed by atoms with Crippen molar-refractivity contribution < 1.29 is 17.9 Å². The van der Waals surface area contributed by atoms with Crippen molar-refractivity contribution >= 4 is 15.9 Å². The standard InChI is InChI=1S/C18H30N2O4S/c1-13(2)12-24-9-7-8-19-18(21)16-10-14(3)15(4)17(11-16)25(22,23)20(5)6/h10-11,13H,7-9,12H2,1-6H3,(H,19,21). The second kappa shape index (κ2) is 9.31. The molecule has 142 valence electrons. The fourth-order valence-electron chi connectivity index (χ4n) is 2.22. The van der Waals surface area contributed by atoms with E-state index in [1.807, 2.05) is 0 Å². The van der Waals surface area contributed by atoms with E-state index in [2.05, 4.69) is 19.2 Å². The summed E-state index contributed by atoms with van der Waals surface area (Å²) >= 11 is 0. The van der Waals surface area contributed by atoms with Gasteiger partial charge in [0.2, 0.25) is 10.0 Å². The van der Waals surface area contributed by atoms with Gasteiger partial charge in [-0.25, -0.2) is 12.7 Å². The molecule has 0 saturated heterocycles. The predicted octanol–water partition coefficient (Wildman–Crippen LogP) is 2.35. The van der Waals surface area contributed by atoms with Crippen LogP contribution in [0.2, 0.25) is 0 Å². The van der Waals surface area contributed by atoms with Gasteiger partial charge < -0.3 is 10.1 Å². The summed E-state index contributed by atoms with van der Waals surface area (Å²) in [5.41, 5.74) is 1.78. The molecule has 0 fully saturated rings. The van der Waals surface area contributed by atoms with Gasteiger partial charge in [-0.1, -0.05) is 13.8 Å². The van der Waals surface area contributed by atoms with Gasteiger partial charge in [0.05, 0.1) is 4.90 Å². The molecule has 1 rings (SSSR count). The van der Waals surface area contributed by atoms with Gasteiger partial charge in [-0.3, -0.25) is 4.79 Å². The quantitative estimate of drug-likeness (QED) is 0.677. The maximum atomic E-state index is 12.4. The van der Waals surface area contributed by atoms with E-state index in [1.54, 1.807) is 19.9 Å². The number of hydrogen-bond donors (Lipinski definition) is 1. The molecule has 0 unspecified atom stereocenters. The Morgan fingerprint density at radius 1 is 1.24 bits per heavy atom. The Labute approximate surface area is 151 Å². The van der Waals surface area contributed by atoms with Gasteiger partial charge in [-0.15, -0.1) is 0 Å². The molecular weight excluding hydrogens is 340 g/mol. The monoisotopic (exact) mass is 370 g/mol. The molecule has 1 amide bonds. The van der Waals surface area contributed by atoms with Crippen molar-refractivity contribution in [3.8, 4) is 0 Å². The number of hydrogen-bond acceptors (Lipinski definition) is 4. The lowest BCUT2D eigenvalue weighted by molar-refractivity contribution is 0.0924. The van der Waals surface area contributed by atoms with Crippen LogP contribution in [-0.2, 0) is 14.8 Å². The lowest BCUT2D eigenvalue weighted by atomic mass is 10.1. The molecule has 1 aromatic rings. The smallest absolute Gasteiger partial charge is 0.251 e. The normalized spacial score (nSPS) is 12.0. The average Bonchev–Trinajstić information content (AvgIpc) is 2.52. The highest BCUT2D eigenvalue weighted by atomic mass is 32.2. The van der Waals surface area contributed by atoms with E-state index in [-0.39, 0.29) is 10.8 Å². The Morgan fingerprint density at radius 2 is 1.88 bits per heavy atom. The molecule has 0 radical (unpaired) electrons. The van der Waals surface area contributed by atoms with Crippen LogP contribution in [0.15, 0.2) is 17.0 Å². The van der Waals surface area contributed by atoms with Crippen molar-refractivity contribution in [2.24, 2.45) is 5.92 Å². The Hall–Kier alpha value is -1.44. The highest BCUT2D eigenvalue weighted by molar-refractivity contribution is 7.89. The summed E-state index contributed by atoms with van der Waals surface area (Å²) in [5, 5.41) is 2.81. The summed E-state index contributed by atoms with van der Waals surface area (Å²) in [4.78, 5) is 12.5. The van der Waals surface area contributed by atoms with Crippen molar-refractivity contribution in [3.63, 3.8) is 0 Å². The highest BCUT2D eigenvalue weighted by Crippen LogP contribution is 2.23. The molecule has 6 nitrogen and oxygen atoms in total. The summed E-state index contributed by atoms with van der Waals surface area (Å²) in [6.07, 6.45) is 0.714. The summed E-state index contributed by atoms with van der Waals surface area (Å²) < 4.78 is 31.5. The number of nitrogens with one attached hydrogen (secondary N) is 1. The molecule has 0 aliphatic rings. The van der Waals surface area contributed by atoms with Crippen molar-refractivity contribution in [2.45, 2.75) is 39.0 Å². The van der Waals surface area contributed by atoms with Crippen molar-refractivity contribution in [3.05, 3.63) is 28.8 Å². The molecule has 7 heteroatoms. The van der Waals surface area contributed by atoms with E-state index in [0.717, 1.165) is 9.87 Å². The van der Waals surface area contributed by atoms with Crippen LogP contribution in [0.4, 0.5) is 0 Å². The zero-order chi connectivity index (χ0) is 19.2. The number of sulfonamides is 1. The molecule has 0 bridgehead atoms. The molecule has 0 aliphatic heterocycles. The van der Waals surface area contributed by atoms with Crippen molar-refractivity contribution in [1.29, 1.82) is 0 Å². The molecule has 1 aromatic carbocycles. The van der Waals surface area contributed by atoms with Gasteiger partial charge in [0.15, 0.2) is 0 Å². The topological polar surface area (TPSA) is 75.7 Å². The Balaban J connectivity index is 2.79. The summed E-state index contributed by atoms with van der Waals surface area (Å²) in [6, 6.07) is 3.16. The van der Waals surface area contributed by atoms with E-state index in [0.29, 0.717) is 43.2 Å². The first kappa shape index (κ1) is 21.6. The maximum absolute atomic E-state index is 12.4. The zero-order valence-corrected chi connectivity index (χ0v) is 16.9. The zero-order valence-electron chi connectivity index (χ0n) is 16.0. The minimum Gasteiger partial charge on any atom is -0.381 e. The van der Waals surface area contributed by atoms with Crippen LogP contribution >= 0.6 is 0 Å². The third-order valence-electron chi connectivity index (χ3n) is 3.84. The molecule has 0 aliphatic carbocycles. The van der Waals surface area contributed by atoms with Crippen molar-refractivity contribution in [1.82, 2.24) is 9.62 Å². The van der Waals surface area contributed by atoms with Crippen LogP contribution in [0.1, 0.15) is 41.8 Å². The first-order valence-electron chi connectivity index (χ1n) is 8.47.